The number of hydrogen-bond acceptors (Lipinski definition) is 4. The first-order valence-corrected chi connectivity index (χ1v) is 6.89. The topological polar surface area (TPSA) is 61.6 Å². The highest BCUT2D eigenvalue weighted by Gasteiger charge is 2.21. The fraction of sp³-hybridized carbons (Fsp3) is 0.176. The molecule has 0 amide bonds. The van der Waals surface area contributed by atoms with E-state index in [2.05, 4.69) is 0 Å². The van der Waals surface area contributed by atoms with Crippen LogP contribution in [0.15, 0.2) is 48.2 Å². The Morgan fingerprint density at radius 2 is 1.96 bits per heavy atom. The standard InChI is InChI=1S/C17H16FNO4/c1-12(22-2)10-14-15(19(20)21)8-9-16(17(14)18)23-11-13-6-4-3-5-7-13/h3-10H,11H2,1-2H3. The Bertz CT molecular complexity index is 729. The Morgan fingerprint density at radius 1 is 1.26 bits per heavy atom. The Balaban J connectivity index is 2.34. The molecule has 0 heterocycles. The summed E-state index contributed by atoms with van der Waals surface area (Å²) in [4.78, 5) is 10.4. The fourth-order valence-electron chi connectivity index (χ4n) is 1.97. The number of hydrogen-bond donors (Lipinski definition) is 0. The lowest BCUT2D eigenvalue weighted by Crippen LogP contribution is -2.01. The summed E-state index contributed by atoms with van der Waals surface area (Å²) in [6.45, 7) is 1.75. The monoisotopic (exact) mass is 317 g/mol. The fourth-order valence-corrected chi connectivity index (χ4v) is 1.97. The predicted octanol–water partition coefficient (Wildman–Crippen LogP) is 4.32. The number of rotatable bonds is 6. The molecule has 0 saturated heterocycles. The van der Waals surface area contributed by atoms with E-state index >= 15 is 0 Å². The van der Waals surface area contributed by atoms with E-state index in [1.54, 1.807) is 6.92 Å². The molecule has 23 heavy (non-hydrogen) atoms. The first kappa shape index (κ1) is 16.5. The molecule has 0 fully saturated rings. The summed E-state index contributed by atoms with van der Waals surface area (Å²) in [6.07, 6.45) is 1.28. The van der Waals surface area contributed by atoms with E-state index in [4.69, 9.17) is 9.47 Å². The maximum absolute atomic E-state index is 14.6. The second kappa shape index (κ2) is 7.40. The first-order valence-electron chi connectivity index (χ1n) is 6.89. The third-order valence-electron chi connectivity index (χ3n) is 3.22. The van der Waals surface area contributed by atoms with Gasteiger partial charge in [0.2, 0.25) is 0 Å². The summed E-state index contributed by atoms with van der Waals surface area (Å²) in [7, 11) is 1.41. The van der Waals surface area contributed by atoms with E-state index in [0.29, 0.717) is 5.76 Å². The molecule has 0 N–H and O–H groups in total. The maximum atomic E-state index is 14.6. The lowest BCUT2D eigenvalue weighted by molar-refractivity contribution is -0.385. The van der Waals surface area contributed by atoms with Gasteiger partial charge in [-0.15, -0.1) is 0 Å². The number of benzene rings is 2. The number of halogens is 1. The Labute approximate surface area is 133 Å². The third-order valence-corrected chi connectivity index (χ3v) is 3.22. The van der Waals surface area contributed by atoms with Crippen molar-refractivity contribution >= 4 is 11.8 Å². The van der Waals surface area contributed by atoms with E-state index in [9.17, 15) is 14.5 Å². The van der Waals surface area contributed by atoms with Crippen molar-refractivity contribution in [2.75, 3.05) is 7.11 Å². The maximum Gasteiger partial charge on any atom is 0.279 e. The van der Waals surface area contributed by atoms with Crippen molar-refractivity contribution in [2.24, 2.45) is 0 Å². The van der Waals surface area contributed by atoms with Crippen LogP contribution in [0, 0.1) is 15.9 Å². The molecule has 0 aliphatic heterocycles. The molecular weight excluding hydrogens is 301 g/mol. The summed E-state index contributed by atoms with van der Waals surface area (Å²) in [5.41, 5.74) is 0.362. The summed E-state index contributed by atoms with van der Waals surface area (Å²) >= 11 is 0. The minimum atomic E-state index is -0.786. The lowest BCUT2D eigenvalue weighted by Gasteiger charge is -2.10. The van der Waals surface area contributed by atoms with E-state index in [0.717, 1.165) is 5.56 Å². The van der Waals surface area contributed by atoms with Crippen LogP contribution < -0.4 is 4.74 Å². The molecule has 2 rings (SSSR count). The van der Waals surface area contributed by atoms with Crippen molar-refractivity contribution in [2.45, 2.75) is 13.5 Å². The van der Waals surface area contributed by atoms with Gasteiger partial charge < -0.3 is 9.47 Å². The summed E-state index contributed by atoms with van der Waals surface area (Å²) in [6, 6.07) is 11.7. The van der Waals surface area contributed by atoms with Gasteiger partial charge in [0.1, 0.15) is 6.61 Å². The van der Waals surface area contributed by atoms with Crippen LogP contribution in [0.3, 0.4) is 0 Å². The summed E-state index contributed by atoms with van der Waals surface area (Å²) in [5, 5.41) is 11.1. The quantitative estimate of drug-likeness (QED) is 0.452. The van der Waals surface area contributed by atoms with E-state index < -0.39 is 10.7 Å². The van der Waals surface area contributed by atoms with Crippen LogP contribution in [0.2, 0.25) is 0 Å². The highest BCUT2D eigenvalue weighted by Crippen LogP contribution is 2.31. The van der Waals surface area contributed by atoms with Gasteiger partial charge in [0, 0.05) is 6.07 Å². The molecule has 5 nitrogen and oxygen atoms in total. The normalized spacial score (nSPS) is 11.2. The Morgan fingerprint density at radius 3 is 2.57 bits per heavy atom. The number of allylic oxidation sites excluding steroid dienone is 1. The van der Waals surface area contributed by atoms with E-state index in [1.807, 2.05) is 30.3 Å². The van der Waals surface area contributed by atoms with Crippen molar-refractivity contribution in [3.05, 3.63) is 75.3 Å². The van der Waals surface area contributed by atoms with Crippen molar-refractivity contribution in [3.8, 4) is 5.75 Å². The molecule has 0 aromatic heterocycles. The molecule has 0 aliphatic rings. The lowest BCUT2D eigenvalue weighted by atomic mass is 10.1. The first-order chi connectivity index (χ1) is 11.0. The van der Waals surface area contributed by atoms with Gasteiger partial charge in [-0.25, -0.2) is 4.39 Å². The van der Waals surface area contributed by atoms with Crippen molar-refractivity contribution in [3.63, 3.8) is 0 Å². The molecule has 0 atom stereocenters. The van der Waals surface area contributed by atoms with Crippen LogP contribution in [0.4, 0.5) is 10.1 Å². The minimum absolute atomic E-state index is 0.0467. The van der Waals surface area contributed by atoms with Crippen LogP contribution in [0.5, 0.6) is 5.75 Å². The number of nitro benzene ring substituents is 1. The second-order valence-electron chi connectivity index (χ2n) is 4.80. The molecule has 0 unspecified atom stereocenters. The molecular formula is C17H16FNO4. The van der Waals surface area contributed by atoms with Gasteiger partial charge in [0.15, 0.2) is 11.6 Å². The van der Waals surface area contributed by atoms with Gasteiger partial charge in [-0.1, -0.05) is 30.3 Å². The summed E-state index contributed by atoms with van der Waals surface area (Å²) in [5.74, 6) is -0.478. The van der Waals surface area contributed by atoms with Crippen molar-refractivity contribution < 1.29 is 18.8 Å². The predicted molar refractivity (Wildman–Crippen MR) is 84.5 cm³/mol. The zero-order chi connectivity index (χ0) is 16.8. The van der Waals surface area contributed by atoms with Crippen LogP contribution in [-0.4, -0.2) is 12.0 Å². The molecule has 0 radical (unpaired) electrons. The largest absolute Gasteiger partial charge is 0.501 e. The molecule has 0 aliphatic carbocycles. The summed E-state index contributed by atoms with van der Waals surface area (Å²) < 4.78 is 25.0. The second-order valence-corrected chi connectivity index (χ2v) is 4.80. The van der Waals surface area contributed by atoms with Crippen molar-refractivity contribution in [1.29, 1.82) is 0 Å². The Hall–Kier alpha value is -2.89. The average molecular weight is 317 g/mol. The zero-order valence-electron chi connectivity index (χ0n) is 12.8. The molecule has 0 saturated carbocycles. The van der Waals surface area contributed by atoms with Gasteiger partial charge in [-0.3, -0.25) is 10.1 Å². The highest BCUT2D eigenvalue weighted by molar-refractivity contribution is 5.64. The molecule has 2 aromatic carbocycles. The van der Waals surface area contributed by atoms with Crippen LogP contribution in [0.25, 0.3) is 6.08 Å². The number of nitro groups is 1. The minimum Gasteiger partial charge on any atom is -0.501 e. The number of methoxy groups -OCH3 is 1. The van der Waals surface area contributed by atoms with Gasteiger partial charge in [-0.2, -0.15) is 0 Å². The van der Waals surface area contributed by atoms with Crippen LogP contribution in [0.1, 0.15) is 18.1 Å². The van der Waals surface area contributed by atoms with Crippen LogP contribution >= 0.6 is 0 Å². The zero-order valence-corrected chi connectivity index (χ0v) is 12.8. The molecule has 120 valence electrons. The molecule has 6 heteroatoms. The number of ether oxygens (including phenoxy) is 2. The molecule has 2 aromatic rings. The van der Waals surface area contributed by atoms with Gasteiger partial charge >= 0.3 is 0 Å². The highest BCUT2D eigenvalue weighted by atomic mass is 19.1. The SMILES string of the molecule is COC(C)=Cc1c([N+](=O)[O-])ccc(OCc2ccccc2)c1F. The molecule has 0 spiro atoms. The average Bonchev–Trinajstić information content (AvgIpc) is 2.56. The van der Waals surface area contributed by atoms with Gasteiger partial charge in [0.05, 0.1) is 23.4 Å². The smallest absolute Gasteiger partial charge is 0.279 e. The van der Waals surface area contributed by atoms with E-state index in [1.165, 1.54) is 25.3 Å². The third kappa shape index (κ3) is 4.06. The van der Waals surface area contributed by atoms with Gasteiger partial charge in [-0.05, 0) is 24.6 Å². The van der Waals surface area contributed by atoms with Crippen LogP contribution in [-0.2, 0) is 11.3 Å². The van der Waals surface area contributed by atoms with Gasteiger partial charge in [0.25, 0.3) is 5.69 Å². The van der Waals surface area contributed by atoms with E-state index in [-0.39, 0.29) is 23.6 Å². The number of nitrogens with zero attached hydrogens (tertiary/aromatic N) is 1. The van der Waals surface area contributed by atoms with Crippen molar-refractivity contribution in [1.82, 2.24) is 0 Å². The Kier molecular flexibility index (Phi) is 5.30. The molecule has 0 bridgehead atoms.